The van der Waals surface area contributed by atoms with E-state index in [1.165, 1.54) is 44.6 Å². The first kappa shape index (κ1) is 27.3. The lowest BCUT2D eigenvalue weighted by atomic mass is 9.83. The van der Waals surface area contributed by atoms with Crippen LogP contribution < -0.4 is 9.13 Å². The first-order chi connectivity index (χ1) is 23.6. The number of ether oxygens (including phenoxy) is 1. The number of esters is 1. The third kappa shape index (κ3) is 4.00. The average molecular weight is 624 g/mol. The van der Waals surface area contributed by atoms with Crippen molar-refractivity contribution in [3.05, 3.63) is 173 Å². The number of benzene rings is 4. The van der Waals surface area contributed by atoms with E-state index in [1.54, 1.807) is 0 Å². The predicted octanol–water partition coefficient (Wildman–Crippen LogP) is 7.77. The summed E-state index contributed by atoms with van der Waals surface area (Å²) in [6.07, 6.45) is 6.93. The molecular formula is C43H33N3O2+2. The molecule has 5 nitrogen and oxygen atoms in total. The summed E-state index contributed by atoms with van der Waals surface area (Å²) in [6, 6.07) is 43.6. The van der Waals surface area contributed by atoms with Crippen LogP contribution in [0.4, 0.5) is 0 Å². The van der Waals surface area contributed by atoms with Crippen LogP contribution in [-0.4, -0.2) is 17.4 Å². The van der Waals surface area contributed by atoms with Crippen molar-refractivity contribution in [3.63, 3.8) is 0 Å². The zero-order valence-corrected chi connectivity index (χ0v) is 26.6. The maximum atomic E-state index is 13.8. The highest BCUT2D eigenvalue weighted by Crippen LogP contribution is 2.46. The van der Waals surface area contributed by atoms with Crippen LogP contribution in [0.5, 0.6) is 0 Å². The molecule has 4 aromatic carbocycles. The lowest BCUT2D eigenvalue weighted by molar-refractivity contribution is -0.733. The number of rotatable bonds is 1. The number of carbonyl (C=O) groups excluding carboxylic acids is 1. The van der Waals surface area contributed by atoms with Crippen LogP contribution in [0, 0.1) is 6.92 Å². The Labute approximate surface area is 279 Å². The summed E-state index contributed by atoms with van der Waals surface area (Å²) in [7, 11) is 0. The molecule has 10 rings (SSSR count). The summed E-state index contributed by atoms with van der Waals surface area (Å²) in [4.78, 5) is 16.2. The van der Waals surface area contributed by atoms with Crippen molar-refractivity contribution in [2.75, 3.05) is 6.54 Å². The minimum Gasteiger partial charge on any atom is -0.393 e. The summed E-state index contributed by atoms with van der Waals surface area (Å²) >= 11 is 0. The van der Waals surface area contributed by atoms with Gasteiger partial charge in [-0.05, 0) is 64.6 Å². The Morgan fingerprint density at radius 2 is 1.50 bits per heavy atom. The molecule has 6 aromatic rings. The maximum absolute atomic E-state index is 13.8. The van der Waals surface area contributed by atoms with Crippen LogP contribution >= 0.6 is 0 Å². The second kappa shape index (κ2) is 10.3. The minimum atomic E-state index is -0.501. The van der Waals surface area contributed by atoms with Gasteiger partial charge in [0.2, 0.25) is 11.4 Å². The fraction of sp³-hybridized carbons (Fsp3) is 0.140. The molecule has 230 valence electrons. The van der Waals surface area contributed by atoms with Crippen LogP contribution in [0.15, 0.2) is 134 Å². The van der Waals surface area contributed by atoms with Crippen molar-refractivity contribution in [1.82, 2.24) is 4.90 Å². The molecule has 0 amide bonds. The van der Waals surface area contributed by atoms with E-state index in [-0.39, 0.29) is 18.1 Å². The molecular weight excluding hydrogens is 590 g/mol. The molecule has 0 saturated heterocycles. The maximum Gasteiger partial charge on any atom is 0.408 e. The van der Waals surface area contributed by atoms with Gasteiger partial charge in [0, 0.05) is 48.0 Å². The first-order valence-electron chi connectivity index (χ1n) is 16.7. The highest BCUT2D eigenvalue weighted by Gasteiger charge is 2.47. The number of fused-ring (bicyclic) bond motifs is 9. The van der Waals surface area contributed by atoms with Gasteiger partial charge in [-0.1, -0.05) is 84.4 Å². The molecule has 6 heterocycles. The second-order valence-electron chi connectivity index (χ2n) is 13.3. The van der Waals surface area contributed by atoms with Crippen LogP contribution in [0.3, 0.4) is 0 Å². The lowest BCUT2D eigenvalue weighted by Gasteiger charge is -2.36. The number of nitrogens with zero attached hydrogens (tertiary/aromatic N) is 3. The van der Waals surface area contributed by atoms with E-state index in [0.717, 1.165) is 28.8 Å². The van der Waals surface area contributed by atoms with E-state index >= 15 is 0 Å². The molecule has 0 bridgehead atoms. The van der Waals surface area contributed by atoms with Crippen molar-refractivity contribution < 1.29 is 18.7 Å². The van der Waals surface area contributed by atoms with E-state index in [0.29, 0.717) is 12.2 Å². The number of hydrogen-bond acceptors (Lipinski definition) is 3. The van der Waals surface area contributed by atoms with E-state index in [4.69, 9.17) is 4.74 Å². The normalized spacial score (nSPS) is 19.5. The summed E-state index contributed by atoms with van der Waals surface area (Å²) in [5.74, 6) is -0.285. The van der Waals surface area contributed by atoms with E-state index in [1.807, 2.05) is 6.07 Å². The third-order valence-corrected chi connectivity index (χ3v) is 10.6. The lowest BCUT2D eigenvalue weighted by Crippen LogP contribution is -2.47. The minimum absolute atomic E-state index is 0.0492. The number of carbonyl (C=O) groups is 1. The molecule has 3 atom stereocenters. The molecule has 0 fully saturated rings. The smallest absolute Gasteiger partial charge is 0.393 e. The van der Waals surface area contributed by atoms with Gasteiger partial charge in [-0.3, -0.25) is 0 Å². The third-order valence-electron chi connectivity index (χ3n) is 10.6. The number of hydrogen-bond donors (Lipinski definition) is 0. The Hall–Kier alpha value is -5.81. The number of aryl methyl sites for hydroxylation is 1. The van der Waals surface area contributed by atoms with Gasteiger partial charge >= 0.3 is 12.2 Å². The molecule has 0 saturated carbocycles. The van der Waals surface area contributed by atoms with Gasteiger partial charge < -0.3 is 9.64 Å². The summed E-state index contributed by atoms with van der Waals surface area (Å²) in [6.45, 7) is 2.60. The molecule has 0 spiro atoms. The summed E-state index contributed by atoms with van der Waals surface area (Å²) in [5, 5.41) is 0. The van der Waals surface area contributed by atoms with Gasteiger partial charge in [0.1, 0.15) is 6.54 Å². The van der Waals surface area contributed by atoms with Crippen LogP contribution in [0.25, 0.3) is 39.7 Å². The predicted molar refractivity (Wildman–Crippen MR) is 185 cm³/mol. The van der Waals surface area contributed by atoms with Crippen LogP contribution in [-0.2, 0) is 11.2 Å². The Balaban J connectivity index is 1.27. The van der Waals surface area contributed by atoms with Gasteiger partial charge in [0.15, 0.2) is 12.2 Å². The van der Waals surface area contributed by atoms with Crippen LogP contribution in [0.1, 0.15) is 62.2 Å². The van der Waals surface area contributed by atoms with E-state index in [2.05, 4.69) is 155 Å². The van der Waals surface area contributed by atoms with E-state index in [9.17, 15) is 4.79 Å². The molecule has 4 aliphatic heterocycles. The quantitative estimate of drug-likeness (QED) is 0.139. The monoisotopic (exact) mass is 623 g/mol. The van der Waals surface area contributed by atoms with Crippen molar-refractivity contribution in [3.8, 4) is 33.6 Å². The van der Waals surface area contributed by atoms with Crippen molar-refractivity contribution in [2.24, 2.45) is 0 Å². The summed E-state index contributed by atoms with van der Waals surface area (Å²) < 4.78 is 10.9. The number of pyridine rings is 2. The van der Waals surface area contributed by atoms with Gasteiger partial charge in [0.25, 0.3) is 5.69 Å². The molecule has 0 N–H and O–H groups in total. The Bertz CT molecular complexity index is 2340. The van der Waals surface area contributed by atoms with Crippen LogP contribution in [0.2, 0.25) is 0 Å². The zero-order valence-electron chi connectivity index (χ0n) is 26.6. The summed E-state index contributed by atoms with van der Waals surface area (Å²) in [5.41, 5.74) is 14.9. The molecule has 4 aliphatic rings. The standard InChI is InChI=1S/C43H33N3O2/c1-27-16-18-28(19-17-27)31-24-37-32-11-4-3-10-30(32)23-38-41-34(36-15-6-7-21-45(36)38)13-8-14-35(41)42-33-12-5-2-9-29(33)20-22-44(42)26-40-46(37)39(25-31)43(47)48-40/h2-22,24-25,38,40,42H,23,26H2,1H3/q+2. The van der Waals surface area contributed by atoms with Crippen molar-refractivity contribution in [2.45, 2.75) is 31.7 Å². The van der Waals surface area contributed by atoms with Crippen molar-refractivity contribution in [1.29, 1.82) is 0 Å². The van der Waals surface area contributed by atoms with Gasteiger partial charge in [-0.15, -0.1) is 4.57 Å². The molecule has 0 radical (unpaired) electrons. The van der Waals surface area contributed by atoms with Gasteiger partial charge in [0.05, 0.1) is 11.6 Å². The molecule has 5 heteroatoms. The fourth-order valence-electron chi connectivity index (χ4n) is 8.46. The number of aromatic nitrogens is 2. The topological polar surface area (TPSA) is 37.3 Å². The largest absolute Gasteiger partial charge is 0.408 e. The zero-order chi connectivity index (χ0) is 31.9. The molecule has 2 aromatic heterocycles. The van der Waals surface area contributed by atoms with Gasteiger partial charge in [-0.2, -0.15) is 4.57 Å². The highest BCUT2D eigenvalue weighted by atomic mass is 16.6. The molecule has 0 aliphatic carbocycles. The molecule has 3 unspecified atom stereocenters. The Morgan fingerprint density at radius 3 is 2.42 bits per heavy atom. The Kier molecular flexibility index (Phi) is 5.89. The fourth-order valence-corrected chi connectivity index (χ4v) is 8.46. The first-order valence-corrected chi connectivity index (χ1v) is 16.7. The SMILES string of the molecule is Cc1ccc(-c2cc3[n+]4c(c2)-c2ccccc2CC2c5c(cccc5C5c6ccccc6C=CN5CC4OC3=O)-c3cccc[n+]32)cc1. The van der Waals surface area contributed by atoms with E-state index < -0.39 is 6.23 Å². The highest BCUT2D eigenvalue weighted by molar-refractivity contribution is 5.89. The molecule has 48 heavy (non-hydrogen) atoms. The van der Waals surface area contributed by atoms with Gasteiger partial charge in [-0.25, -0.2) is 4.79 Å². The Morgan fingerprint density at radius 1 is 0.729 bits per heavy atom. The van der Waals surface area contributed by atoms with Crippen molar-refractivity contribution >= 4 is 12.0 Å². The average Bonchev–Trinajstić information content (AvgIpc) is 3.61. The second-order valence-corrected chi connectivity index (χ2v) is 13.3.